The van der Waals surface area contributed by atoms with Gasteiger partial charge in [-0.3, -0.25) is 0 Å². The summed E-state index contributed by atoms with van der Waals surface area (Å²) in [6.45, 7) is 4.35. The molecule has 0 aliphatic heterocycles. The van der Waals surface area contributed by atoms with Crippen molar-refractivity contribution in [3.8, 4) is 0 Å². The fourth-order valence-electron chi connectivity index (χ4n) is 2.42. The number of aryl methyl sites for hydroxylation is 1. The standard InChI is InChI=1S/C15H19BrClFN2S/c1-3-21-7-5-10(2)20-14-8-11(16)12(18)9-13(14)19-15(20)4-6-17/h8-10H,3-7H2,1-2H3. The van der Waals surface area contributed by atoms with E-state index in [0.29, 0.717) is 28.3 Å². The van der Waals surface area contributed by atoms with Gasteiger partial charge in [0.05, 0.1) is 15.5 Å². The molecule has 6 heteroatoms. The molecule has 116 valence electrons. The lowest BCUT2D eigenvalue weighted by Gasteiger charge is -2.17. The molecule has 0 fully saturated rings. The van der Waals surface area contributed by atoms with Gasteiger partial charge in [0, 0.05) is 24.4 Å². The minimum absolute atomic E-state index is 0.279. The number of rotatable bonds is 7. The van der Waals surface area contributed by atoms with Crippen molar-refractivity contribution in [1.29, 1.82) is 0 Å². The monoisotopic (exact) mass is 392 g/mol. The van der Waals surface area contributed by atoms with Crippen molar-refractivity contribution in [2.75, 3.05) is 17.4 Å². The van der Waals surface area contributed by atoms with Gasteiger partial charge in [-0.2, -0.15) is 11.8 Å². The van der Waals surface area contributed by atoms with E-state index >= 15 is 0 Å². The Labute approximate surface area is 142 Å². The summed E-state index contributed by atoms with van der Waals surface area (Å²) in [5.74, 6) is 3.41. The molecule has 2 aromatic rings. The highest BCUT2D eigenvalue weighted by molar-refractivity contribution is 9.10. The second-order valence-electron chi connectivity index (χ2n) is 4.93. The van der Waals surface area contributed by atoms with Crippen LogP contribution < -0.4 is 0 Å². The van der Waals surface area contributed by atoms with Gasteiger partial charge in [0.15, 0.2) is 0 Å². The number of thioether (sulfide) groups is 1. The molecule has 1 aromatic heterocycles. The minimum atomic E-state index is -0.279. The van der Waals surface area contributed by atoms with Crippen molar-refractivity contribution in [2.45, 2.75) is 32.7 Å². The lowest BCUT2D eigenvalue weighted by Crippen LogP contribution is -2.11. The van der Waals surface area contributed by atoms with Crippen LogP contribution in [-0.4, -0.2) is 26.9 Å². The van der Waals surface area contributed by atoms with E-state index in [9.17, 15) is 4.39 Å². The predicted octanol–water partition coefficient (Wildman–Crippen LogP) is 5.42. The van der Waals surface area contributed by atoms with Crippen molar-refractivity contribution in [2.24, 2.45) is 0 Å². The number of imidazole rings is 1. The Hall–Kier alpha value is -0.260. The maximum absolute atomic E-state index is 13.7. The van der Waals surface area contributed by atoms with Gasteiger partial charge < -0.3 is 4.57 Å². The summed E-state index contributed by atoms with van der Waals surface area (Å²) in [7, 11) is 0. The molecule has 2 rings (SSSR count). The van der Waals surface area contributed by atoms with Crippen molar-refractivity contribution < 1.29 is 4.39 Å². The molecule has 1 heterocycles. The summed E-state index contributed by atoms with van der Waals surface area (Å²) in [5, 5.41) is 0. The summed E-state index contributed by atoms with van der Waals surface area (Å²) in [6, 6.07) is 3.63. The first-order chi connectivity index (χ1) is 10.1. The fraction of sp³-hybridized carbons (Fsp3) is 0.533. The van der Waals surface area contributed by atoms with Crippen LogP contribution in [0.1, 0.15) is 32.1 Å². The van der Waals surface area contributed by atoms with Crippen LogP contribution in [-0.2, 0) is 6.42 Å². The summed E-state index contributed by atoms with van der Waals surface area (Å²) < 4.78 is 16.4. The molecular formula is C15H19BrClFN2S. The molecule has 21 heavy (non-hydrogen) atoms. The van der Waals surface area contributed by atoms with Crippen LogP contribution in [0.25, 0.3) is 11.0 Å². The number of fused-ring (bicyclic) bond motifs is 1. The third-order valence-electron chi connectivity index (χ3n) is 3.45. The third-order valence-corrected chi connectivity index (χ3v) is 5.18. The average molecular weight is 394 g/mol. The van der Waals surface area contributed by atoms with Gasteiger partial charge in [0.2, 0.25) is 0 Å². The fourth-order valence-corrected chi connectivity index (χ4v) is 3.72. The second kappa shape index (κ2) is 7.84. The van der Waals surface area contributed by atoms with Crippen LogP contribution >= 0.6 is 39.3 Å². The van der Waals surface area contributed by atoms with Crippen LogP contribution in [0.15, 0.2) is 16.6 Å². The van der Waals surface area contributed by atoms with Crippen LogP contribution in [0.2, 0.25) is 0 Å². The van der Waals surface area contributed by atoms with E-state index in [1.54, 1.807) is 0 Å². The number of benzene rings is 1. The predicted molar refractivity (Wildman–Crippen MR) is 94.1 cm³/mol. The Bertz CT molecular complexity index is 617. The van der Waals surface area contributed by atoms with E-state index in [1.807, 2.05) is 17.8 Å². The van der Waals surface area contributed by atoms with Crippen LogP contribution in [0, 0.1) is 5.82 Å². The Morgan fingerprint density at radius 3 is 2.90 bits per heavy atom. The molecule has 0 bridgehead atoms. The minimum Gasteiger partial charge on any atom is -0.325 e. The van der Waals surface area contributed by atoms with Gasteiger partial charge in [-0.1, -0.05) is 6.92 Å². The van der Waals surface area contributed by atoms with Crippen molar-refractivity contribution >= 4 is 50.3 Å². The number of alkyl halides is 1. The Morgan fingerprint density at radius 2 is 2.24 bits per heavy atom. The molecule has 0 saturated carbocycles. The van der Waals surface area contributed by atoms with Crippen LogP contribution in [0.3, 0.4) is 0 Å². The van der Waals surface area contributed by atoms with Gasteiger partial charge in [0.1, 0.15) is 11.6 Å². The van der Waals surface area contributed by atoms with E-state index in [0.717, 1.165) is 29.3 Å². The Kier molecular flexibility index (Phi) is 6.38. The summed E-state index contributed by atoms with van der Waals surface area (Å²) in [5.41, 5.74) is 1.67. The van der Waals surface area contributed by atoms with Crippen molar-refractivity contribution in [3.63, 3.8) is 0 Å². The van der Waals surface area contributed by atoms with Gasteiger partial charge in [-0.15, -0.1) is 11.6 Å². The highest BCUT2D eigenvalue weighted by Crippen LogP contribution is 2.28. The second-order valence-corrected chi connectivity index (χ2v) is 7.55. The number of nitrogens with zero attached hydrogens (tertiary/aromatic N) is 2. The Morgan fingerprint density at radius 1 is 1.48 bits per heavy atom. The normalized spacial score (nSPS) is 13.0. The number of hydrogen-bond acceptors (Lipinski definition) is 2. The molecule has 0 N–H and O–H groups in total. The van der Waals surface area contributed by atoms with E-state index in [4.69, 9.17) is 11.6 Å². The van der Waals surface area contributed by atoms with Gasteiger partial charge >= 0.3 is 0 Å². The van der Waals surface area contributed by atoms with Gasteiger partial charge in [0.25, 0.3) is 0 Å². The van der Waals surface area contributed by atoms with Gasteiger partial charge in [-0.25, -0.2) is 9.37 Å². The Balaban J connectivity index is 2.42. The van der Waals surface area contributed by atoms with E-state index in [-0.39, 0.29) is 5.82 Å². The summed E-state index contributed by atoms with van der Waals surface area (Å²) in [4.78, 5) is 4.56. The largest absolute Gasteiger partial charge is 0.325 e. The van der Waals surface area contributed by atoms with Crippen LogP contribution in [0.4, 0.5) is 4.39 Å². The quantitative estimate of drug-likeness (QED) is 0.461. The molecular weight excluding hydrogens is 375 g/mol. The third kappa shape index (κ3) is 3.93. The lowest BCUT2D eigenvalue weighted by molar-refractivity contribution is 0.528. The molecule has 1 aromatic carbocycles. The van der Waals surface area contributed by atoms with E-state index in [1.165, 1.54) is 6.07 Å². The molecule has 0 spiro atoms. The SMILES string of the molecule is CCSCCC(C)n1c(CCCl)nc2cc(F)c(Br)cc21. The zero-order chi connectivity index (χ0) is 15.4. The van der Waals surface area contributed by atoms with Crippen molar-refractivity contribution in [3.05, 3.63) is 28.2 Å². The summed E-state index contributed by atoms with van der Waals surface area (Å²) >= 11 is 11.1. The first-order valence-corrected chi connectivity index (χ1v) is 9.56. The molecule has 2 nitrogen and oxygen atoms in total. The van der Waals surface area contributed by atoms with E-state index in [2.05, 4.69) is 39.3 Å². The van der Waals surface area contributed by atoms with E-state index < -0.39 is 0 Å². The zero-order valence-electron chi connectivity index (χ0n) is 12.2. The van der Waals surface area contributed by atoms with Crippen LogP contribution in [0.5, 0.6) is 0 Å². The average Bonchev–Trinajstić information content (AvgIpc) is 2.77. The molecule has 0 aliphatic carbocycles. The molecule has 0 amide bonds. The number of halogens is 3. The molecule has 0 saturated heterocycles. The zero-order valence-corrected chi connectivity index (χ0v) is 15.4. The molecule has 0 aliphatic rings. The topological polar surface area (TPSA) is 17.8 Å². The number of hydrogen-bond donors (Lipinski definition) is 0. The molecule has 1 atom stereocenters. The number of aromatic nitrogens is 2. The smallest absolute Gasteiger partial charge is 0.139 e. The maximum Gasteiger partial charge on any atom is 0.139 e. The lowest BCUT2D eigenvalue weighted by atomic mass is 10.2. The molecule has 1 unspecified atom stereocenters. The highest BCUT2D eigenvalue weighted by Gasteiger charge is 2.17. The maximum atomic E-state index is 13.7. The molecule has 0 radical (unpaired) electrons. The summed E-state index contributed by atoms with van der Waals surface area (Å²) in [6.07, 6.45) is 1.76. The first-order valence-electron chi connectivity index (χ1n) is 7.08. The van der Waals surface area contributed by atoms with Gasteiger partial charge in [-0.05, 0) is 46.8 Å². The first kappa shape index (κ1) is 17.1. The highest BCUT2D eigenvalue weighted by atomic mass is 79.9. The van der Waals surface area contributed by atoms with Crippen molar-refractivity contribution in [1.82, 2.24) is 9.55 Å².